The molecule has 2 fully saturated rings. The van der Waals surface area contributed by atoms with Gasteiger partial charge in [0.2, 0.25) is 0 Å². The van der Waals surface area contributed by atoms with Crippen molar-refractivity contribution in [3.05, 3.63) is 46.1 Å². The smallest absolute Gasteiger partial charge is 0.197 e. The van der Waals surface area contributed by atoms with Gasteiger partial charge in [-0.2, -0.15) is 0 Å². The van der Waals surface area contributed by atoms with Gasteiger partial charge in [0, 0.05) is 17.7 Å². The van der Waals surface area contributed by atoms with Crippen molar-refractivity contribution in [2.45, 2.75) is 55.1 Å². The minimum atomic E-state index is -1.91. The fourth-order valence-corrected chi connectivity index (χ4v) is 4.85. The number of phenols is 4. The molecule has 1 aromatic heterocycles. The molecule has 0 bridgehead atoms. The molecule has 10 N–H and O–H groups in total. The van der Waals surface area contributed by atoms with Crippen LogP contribution in [0.3, 0.4) is 0 Å². The molecule has 15 nitrogen and oxygen atoms in total. The maximum absolute atomic E-state index is 13.0. The summed E-state index contributed by atoms with van der Waals surface area (Å²) in [7, 11) is 0. The van der Waals surface area contributed by atoms with Crippen LogP contribution in [0.4, 0.5) is 0 Å². The summed E-state index contributed by atoms with van der Waals surface area (Å²) in [6.07, 6.45) is -14.7. The molecule has 0 radical (unpaired) electrons. The number of benzene rings is 2. The summed E-state index contributed by atoms with van der Waals surface area (Å²) >= 11 is 0. The molecule has 2 saturated heterocycles. The highest BCUT2D eigenvalue weighted by atomic mass is 16.7. The molecule has 2 aromatic carbocycles. The standard InChI is InChI=1S/C26H28O15/c27-9-2-1-8(3-10(9)28)14-4-11(29)17-15(40-14)5-12(30)18(21(17)34)25-23(36)22(35)20(33)16(41-25)7-39-26-24(37)19(32)13(31)6-38-26/h1-5,13,16,19-20,22-28,30-37H,6-7H2/t13-,16+,19-,20+,22-,23+,24-,25-,26-/m0/s1. The molecule has 2 aliphatic heterocycles. The lowest BCUT2D eigenvalue weighted by Gasteiger charge is -2.42. The number of aliphatic hydroxyl groups is 6. The van der Waals surface area contributed by atoms with Crippen LogP contribution < -0.4 is 5.43 Å². The molecular formula is C26H28O15. The van der Waals surface area contributed by atoms with Crippen LogP contribution in [0.1, 0.15) is 11.7 Å². The first kappa shape index (κ1) is 29.0. The van der Waals surface area contributed by atoms with Gasteiger partial charge in [0.05, 0.1) is 18.8 Å². The van der Waals surface area contributed by atoms with Crippen molar-refractivity contribution in [2.75, 3.05) is 13.2 Å². The van der Waals surface area contributed by atoms with Crippen LogP contribution >= 0.6 is 0 Å². The Morgan fingerprint density at radius 1 is 0.805 bits per heavy atom. The molecule has 0 spiro atoms. The Bertz CT molecular complexity index is 1490. The van der Waals surface area contributed by atoms with Crippen molar-refractivity contribution < 1.29 is 69.7 Å². The molecule has 0 saturated carbocycles. The van der Waals surface area contributed by atoms with E-state index in [0.717, 1.165) is 18.2 Å². The van der Waals surface area contributed by atoms with E-state index < -0.39 is 101 Å². The lowest BCUT2D eigenvalue weighted by molar-refractivity contribution is -0.292. The Hall–Kier alpha value is -3.51. The fourth-order valence-electron chi connectivity index (χ4n) is 4.85. The van der Waals surface area contributed by atoms with Gasteiger partial charge in [-0.05, 0) is 18.2 Å². The van der Waals surface area contributed by atoms with E-state index in [9.17, 15) is 55.9 Å². The van der Waals surface area contributed by atoms with E-state index in [1.54, 1.807) is 0 Å². The molecule has 222 valence electrons. The molecular weight excluding hydrogens is 552 g/mol. The second kappa shape index (κ2) is 11.1. The lowest BCUT2D eigenvalue weighted by atomic mass is 9.89. The minimum Gasteiger partial charge on any atom is -0.507 e. The summed E-state index contributed by atoms with van der Waals surface area (Å²) in [5, 5.41) is 102. The zero-order valence-electron chi connectivity index (χ0n) is 21.0. The second-order valence-electron chi connectivity index (χ2n) is 9.86. The number of ether oxygens (including phenoxy) is 3. The van der Waals surface area contributed by atoms with Crippen molar-refractivity contribution in [3.8, 4) is 34.3 Å². The first-order valence-electron chi connectivity index (χ1n) is 12.4. The van der Waals surface area contributed by atoms with Gasteiger partial charge in [-0.15, -0.1) is 0 Å². The van der Waals surface area contributed by atoms with Crippen LogP contribution in [0.25, 0.3) is 22.3 Å². The summed E-state index contributed by atoms with van der Waals surface area (Å²) in [5.74, 6) is -2.51. The van der Waals surface area contributed by atoms with Crippen LogP contribution in [0.15, 0.2) is 39.5 Å². The minimum absolute atomic E-state index is 0.0705. The number of rotatable bonds is 5. The van der Waals surface area contributed by atoms with E-state index in [2.05, 4.69) is 0 Å². The number of aliphatic hydroxyl groups excluding tert-OH is 6. The van der Waals surface area contributed by atoms with Crippen molar-refractivity contribution in [3.63, 3.8) is 0 Å². The molecule has 41 heavy (non-hydrogen) atoms. The van der Waals surface area contributed by atoms with Gasteiger partial charge in [0.25, 0.3) is 0 Å². The van der Waals surface area contributed by atoms with Crippen molar-refractivity contribution >= 4 is 11.0 Å². The lowest BCUT2D eigenvalue weighted by Crippen LogP contribution is -2.57. The molecule has 9 atom stereocenters. The molecule has 15 heteroatoms. The average molecular weight is 580 g/mol. The van der Waals surface area contributed by atoms with Gasteiger partial charge in [-0.3, -0.25) is 4.79 Å². The maximum Gasteiger partial charge on any atom is 0.197 e. The zero-order valence-corrected chi connectivity index (χ0v) is 21.0. The van der Waals surface area contributed by atoms with Crippen LogP contribution in [-0.4, -0.2) is 113 Å². The number of hydrogen-bond donors (Lipinski definition) is 10. The summed E-state index contributed by atoms with van der Waals surface area (Å²) in [5.41, 5.74) is -1.38. The van der Waals surface area contributed by atoms with E-state index in [4.69, 9.17) is 18.6 Å². The molecule has 0 aliphatic carbocycles. The molecule has 2 aliphatic rings. The molecule has 5 rings (SSSR count). The average Bonchev–Trinajstić information content (AvgIpc) is 2.93. The highest BCUT2D eigenvalue weighted by Gasteiger charge is 2.47. The summed E-state index contributed by atoms with van der Waals surface area (Å²) in [4.78, 5) is 13.0. The zero-order chi connectivity index (χ0) is 29.7. The van der Waals surface area contributed by atoms with Gasteiger partial charge in [0.15, 0.2) is 23.2 Å². The number of fused-ring (bicyclic) bond motifs is 1. The van der Waals surface area contributed by atoms with Crippen LogP contribution in [0.5, 0.6) is 23.0 Å². The van der Waals surface area contributed by atoms with Gasteiger partial charge >= 0.3 is 0 Å². The van der Waals surface area contributed by atoms with E-state index >= 15 is 0 Å². The predicted octanol–water partition coefficient (Wildman–Crippen LogP) is -1.74. The van der Waals surface area contributed by atoms with Crippen molar-refractivity contribution in [1.29, 1.82) is 0 Å². The van der Waals surface area contributed by atoms with E-state index in [1.165, 1.54) is 12.1 Å². The number of hydrogen-bond acceptors (Lipinski definition) is 15. The van der Waals surface area contributed by atoms with Crippen LogP contribution in [0.2, 0.25) is 0 Å². The summed E-state index contributed by atoms with van der Waals surface area (Å²) in [6.45, 7) is -0.940. The van der Waals surface area contributed by atoms with Gasteiger partial charge < -0.3 is 69.7 Å². The largest absolute Gasteiger partial charge is 0.507 e. The third-order valence-electron chi connectivity index (χ3n) is 7.15. The van der Waals surface area contributed by atoms with Crippen LogP contribution in [-0.2, 0) is 14.2 Å². The first-order chi connectivity index (χ1) is 19.4. The third kappa shape index (κ3) is 5.19. The highest BCUT2D eigenvalue weighted by molar-refractivity contribution is 5.88. The Morgan fingerprint density at radius 2 is 1.54 bits per heavy atom. The summed E-state index contributed by atoms with van der Waals surface area (Å²) < 4.78 is 21.8. The normalized spacial score (nSPS) is 32.3. The Kier molecular flexibility index (Phi) is 7.82. The second-order valence-corrected chi connectivity index (χ2v) is 9.86. The Labute approximate surface area is 229 Å². The monoisotopic (exact) mass is 580 g/mol. The fraction of sp³-hybridized carbons (Fsp3) is 0.423. The maximum atomic E-state index is 13.0. The molecule has 3 heterocycles. The number of phenolic OH excluding ortho intramolecular Hbond substituents is 4. The molecule has 0 unspecified atom stereocenters. The Balaban J connectivity index is 1.45. The predicted molar refractivity (Wildman–Crippen MR) is 134 cm³/mol. The van der Waals surface area contributed by atoms with Gasteiger partial charge in [-0.25, -0.2) is 0 Å². The van der Waals surface area contributed by atoms with E-state index in [0.29, 0.717) is 0 Å². The highest BCUT2D eigenvalue weighted by Crippen LogP contribution is 2.45. The molecule has 0 amide bonds. The van der Waals surface area contributed by atoms with E-state index in [-0.39, 0.29) is 23.5 Å². The number of aromatic hydroxyl groups is 4. The van der Waals surface area contributed by atoms with Gasteiger partial charge in [0.1, 0.15) is 77.1 Å². The first-order valence-corrected chi connectivity index (χ1v) is 12.4. The van der Waals surface area contributed by atoms with E-state index in [1.807, 2.05) is 0 Å². The van der Waals surface area contributed by atoms with Crippen LogP contribution in [0, 0.1) is 0 Å². The van der Waals surface area contributed by atoms with Crippen molar-refractivity contribution in [2.24, 2.45) is 0 Å². The quantitative estimate of drug-likeness (QED) is 0.150. The topological polar surface area (TPSA) is 260 Å². The van der Waals surface area contributed by atoms with Crippen molar-refractivity contribution in [1.82, 2.24) is 0 Å². The Morgan fingerprint density at radius 3 is 2.24 bits per heavy atom. The van der Waals surface area contributed by atoms with Gasteiger partial charge in [-0.1, -0.05) is 0 Å². The summed E-state index contributed by atoms with van der Waals surface area (Å²) in [6, 6.07) is 5.61. The third-order valence-corrected chi connectivity index (χ3v) is 7.15. The SMILES string of the molecule is O=c1cc(-c2ccc(O)c(O)c2)oc2cc(O)c([C@@H]3O[C@H](CO[C@@H]4OC[C@H](O)[C@H](O)[C@@H]4O)[C@@H](O)[C@H](O)[C@H]3O)c(O)c12. The molecule has 3 aromatic rings.